The molecule has 0 radical (unpaired) electrons. The van der Waals surface area contributed by atoms with Crippen LogP contribution in [-0.4, -0.2) is 70.4 Å². The predicted octanol–water partition coefficient (Wildman–Crippen LogP) is 3.44. The minimum Gasteiger partial charge on any atom is -0.495 e. The van der Waals surface area contributed by atoms with Gasteiger partial charge in [-0.3, -0.25) is 4.90 Å². The van der Waals surface area contributed by atoms with Crippen LogP contribution < -0.4 is 21.1 Å². The Kier molecular flexibility index (Phi) is 6.82. The van der Waals surface area contributed by atoms with Crippen molar-refractivity contribution in [3.05, 3.63) is 60.2 Å². The standard InChI is InChI=1S/C26H27F3N8O3/c1-38-20-10-15(18-12-17(13-36-6-8-39-9-7-36)37-22(18)23(30)32-14-33-37)2-3-19(20)34-24-25(40-24)35-21-11-16(4-5-31-21)26(27,28)29/h2-5,10-12,14,24-25,34H,6-9,13H2,1H3,(H,31,35)(H2,30,32,33). The van der Waals surface area contributed by atoms with Gasteiger partial charge in [-0.2, -0.15) is 18.3 Å². The molecule has 4 N–H and O–H groups in total. The molecule has 11 nitrogen and oxygen atoms in total. The molecule has 1 aromatic carbocycles. The van der Waals surface area contributed by atoms with Gasteiger partial charge in [0.2, 0.25) is 0 Å². The fraction of sp³-hybridized carbons (Fsp3) is 0.346. The molecule has 3 aromatic heterocycles. The summed E-state index contributed by atoms with van der Waals surface area (Å²) in [6.45, 7) is 3.74. The molecular formula is C26H27F3N8O3. The third-order valence-corrected chi connectivity index (χ3v) is 6.83. The average molecular weight is 557 g/mol. The number of morpholine rings is 1. The second-order valence-electron chi connectivity index (χ2n) is 9.45. The number of fused-ring (bicyclic) bond motifs is 1. The predicted molar refractivity (Wildman–Crippen MR) is 141 cm³/mol. The van der Waals surface area contributed by atoms with Gasteiger partial charge in [-0.25, -0.2) is 14.5 Å². The SMILES string of the molecule is COc1cc(-c2cc(CN3CCOCC3)n3ncnc(N)c23)ccc1NC1OC1Nc1cc(C(F)(F)F)ccn1. The summed E-state index contributed by atoms with van der Waals surface area (Å²) >= 11 is 0. The number of halogens is 3. The minimum absolute atomic E-state index is 0.0692. The number of nitrogen functional groups attached to an aromatic ring is 1. The first kappa shape index (κ1) is 26.1. The molecule has 2 aliphatic heterocycles. The lowest BCUT2D eigenvalue weighted by atomic mass is 10.1. The van der Waals surface area contributed by atoms with E-state index in [1.165, 1.54) is 6.33 Å². The van der Waals surface area contributed by atoms with Crippen LogP contribution in [0, 0.1) is 0 Å². The summed E-state index contributed by atoms with van der Waals surface area (Å²) in [5, 5.41) is 10.5. The van der Waals surface area contributed by atoms with Crippen molar-refractivity contribution in [1.82, 2.24) is 24.5 Å². The molecule has 4 aromatic rings. The molecule has 5 heterocycles. The van der Waals surface area contributed by atoms with Gasteiger partial charge >= 0.3 is 6.18 Å². The van der Waals surface area contributed by atoms with Gasteiger partial charge in [-0.05, 0) is 35.9 Å². The Balaban J connectivity index is 1.21. The molecule has 2 atom stereocenters. The van der Waals surface area contributed by atoms with Crippen LogP contribution in [0.3, 0.4) is 0 Å². The first-order valence-electron chi connectivity index (χ1n) is 12.6. The first-order valence-corrected chi connectivity index (χ1v) is 12.6. The van der Waals surface area contributed by atoms with Crippen molar-refractivity contribution in [1.29, 1.82) is 0 Å². The van der Waals surface area contributed by atoms with Crippen LogP contribution in [0.2, 0.25) is 0 Å². The van der Waals surface area contributed by atoms with Crippen molar-refractivity contribution in [2.24, 2.45) is 0 Å². The van der Waals surface area contributed by atoms with Gasteiger partial charge in [-0.15, -0.1) is 0 Å². The van der Waals surface area contributed by atoms with Gasteiger partial charge in [0, 0.05) is 31.4 Å². The molecule has 2 unspecified atom stereocenters. The molecular weight excluding hydrogens is 529 g/mol. The van der Waals surface area contributed by atoms with E-state index >= 15 is 0 Å². The van der Waals surface area contributed by atoms with Crippen molar-refractivity contribution in [2.75, 3.05) is 49.8 Å². The van der Waals surface area contributed by atoms with E-state index in [2.05, 4.69) is 36.7 Å². The highest BCUT2D eigenvalue weighted by Crippen LogP contribution is 2.38. The number of hydrogen-bond acceptors (Lipinski definition) is 10. The van der Waals surface area contributed by atoms with Gasteiger partial charge in [0.15, 0.2) is 18.3 Å². The summed E-state index contributed by atoms with van der Waals surface area (Å²) in [5.74, 6) is 0.982. The number of aromatic nitrogens is 4. The van der Waals surface area contributed by atoms with E-state index in [0.29, 0.717) is 42.5 Å². The third kappa shape index (κ3) is 5.33. The molecule has 14 heteroatoms. The summed E-state index contributed by atoms with van der Waals surface area (Å²) in [7, 11) is 1.56. The van der Waals surface area contributed by atoms with Crippen molar-refractivity contribution in [3.63, 3.8) is 0 Å². The molecule has 40 heavy (non-hydrogen) atoms. The minimum atomic E-state index is -4.46. The zero-order valence-electron chi connectivity index (χ0n) is 21.5. The van der Waals surface area contributed by atoms with E-state index in [1.807, 2.05) is 22.7 Å². The summed E-state index contributed by atoms with van der Waals surface area (Å²) in [6, 6.07) is 9.57. The monoisotopic (exact) mass is 556 g/mol. The number of ether oxygens (including phenoxy) is 3. The van der Waals surface area contributed by atoms with Crippen LogP contribution >= 0.6 is 0 Å². The van der Waals surface area contributed by atoms with Gasteiger partial charge in [0.1, 0.15) is 23.4 Å². The highest BCUT2D eigenvalue weighted by Gasteiger charge is 2.40. The third-order valence-electron chi connectivity index (χ3n) is 6.83. The summed E-state index contributed by atoms with van der Waals surface area (Å²) in [4.78, 5) is 10.5. The van der Waals surface area contributed by atoms with Crippen molar-refractivity contribution < 1.29 is 27.4 Å². The Hall–Kier alpha value is -4.14. The van der Waals surface area contributed by atoms with Gasteiger partial charge < -0.3 is 30.6 Å². The number of pyridine rings is 1. The smallest absolute Gasteiger partial charge is 0.416 e. The quantitative estimate of drug-likeness (QED) is 0.278. The van der Waals surface area contributed by atoms with Crippen LogP contribution in [0.5, 0.6) is 5.75 Å². The number of epoxide rings is 1. The van der Waals surface area contributed by atoms with Crippen LogP contribution in [0.25, 0.3) is 16.6 Å². The largest absolute Gasteiger partial charge is 0.495 e. The van der Waals surface area contributed by atoms with E-state index < -0.39 is 24.2 Å². The van der Waals surface area contributed by atoms with Gasteiger partial charge in [0.25, 0.3) is 0 Å². The maximum absolute atomic E-state index is 13.0. The molecule has 2 fully saturated rings. The highest BCUT2D eigenvalue weighted by atomic mass is 19.4. The van der Waals surface area contributed by atoms with Crippen LogP contribution in [0.1, 0.15) is 11.3 Å². The Bertz CT molecular complexity index is 1520. The number of nitrogens with one attached hydrogen (secondary N) is 2. The highest BCUT2D eigenvalue weighted by molar-refractivity contribution is 5.89. The molecule has 0 amide bonds. The van der Waals surface area contributed by atoms with Crippen molar-refractivity contribution in [2.45, 2.75) is 25.2 Å². The lowest BCUT2D eigenvalue weighted by Gasteiger charge is -2.26. The van der Waals surface area contributed by atoms with Crippen molar-refractivity contribution in [3.8, 4) is 16.9 Å². The average Bonchev–Trinajstić information content (AvgIpc) is 3.56. The number of hydrogen-bond donors (Lipinski definition) is 3. The number of alkyl halides is 3. The first-order chi connectivity index (χ1) is 19.3. The molecule has 0 spiro atoms. The maximum atomic E-state index is 13.0. The topological polar surface area (TPSA) is 127 Å². The van der Waals surface area contributed by atoms with Crippen LogP contribution in [-0.2, 0) is 22.2 Å². The molecule has 0 aliphatic carbocycles. The molecule has 0 bridgehead atoms. The zero-order chi connectivity index (χ0) is 27.9. The maximum Gasteiger partial charge on any atom is 0.416 e. The second kappa shape index (κ2) is 10.4. The van der Waals surface area contributed by atoms with Gasteiger partial charge in [-0.1, -0.05) is 6.07 Å². The summed E-state index contributed by atoms with van der Waals surface area (Å²) in [5.41, 5.74) is 9.55. The van der Waals surface area contributed by atoms with Crippen LogP contribution in [0.15, 0.2) is 48.9 Å². The Labute approximate surface area is 227 Å². The summed E-state index contributed by atoms with van der Waals surface area (Å²) < 4.78 is 57.5. The number of rotatable bonds is 8. The molecule has 2 aliphatic rings. The fourth-order valence-electron chi connectivity index (χ4n) is 4.75. The molecule has 0 saturated carbocycles. The number of nitrogens with zero attached hydrogens (tertiary/aromatic N) is 5. The van der Waals surface area contributed by atoms with Gasteiger partial charge in [0.05, 0.1) is 37.3 Å². The number of methoxy groups -OCH3 is 1. The lowest BCUT2D eigenvalue weighted by Crippen LogP contribution is -2.36. The summed E-state index contributed by atoms with van der Waals surface area (Å²) in [6.07, 6.45) is -2.96. The van der Waals surface area contributed by atoms with Crippen molar-refractivity contribution >= 4 is 22.8 Å². The Morgan fingerprint density at radius 1 is 1.07 bits per heavy atom. The normalized spacial score (nSPS) is 19.5. The lowest BCUT2D eigenvalue weighted by molar-refractivity contribution is -0.137. The number of anilines is 3. The Morgan fingerprint density at radius 2 is 1.88 bits per heavy atom. The van der Waals surface area contributed by atoms with E-state index in [4.69, 9.17) is 19.9 Å². The van der Waals surface area contributed by atoms with Crippen LogP contribution in [0.4, 0.5) is 30.5 Å². The molecule has 2 saturated heterocycles. The Morgan fingerprint density at radius 3 is 2.65 bits per heavy atom. The number of nitrogens with two attached hydrogens (primary N) is 1. The fourth-order valence-corrected chi connectivity index (χ4v) is 4.75. The molecule has 210 valence electrons. The zero-order valence-corrected chi connectivity index (χ0v) is 21.5. The van der Waals surface area contributed by atoms with E-state index in [1.54, 1.807) is 7.11 Å². The van der Waals surface area contributed by atoms with E-state index in [0.717, 1.165) is 48.2 Å². The second-order valence-corrected chi connectivity index (χ2v) is 9.45. The van der Waals surface area contributed by atoms with E-state index in [-0.39, 0.29) is 5.82 Å². The number of benzene rings is 1. The molecule has 6 rings (SSSR count). The van der Waals surface area contributed by atoms with E-state index in [9.17, 15) is 13.2 Å².